The van der Waals surface area contributed by atoms with Gasteiger partial charge in [-0.15, -0.1) is 0 Å². The van der Waals surface area contributed by atoms with E-state index in [1.54, 1.807) is 0 Å². The molecule has 0 aliphatic heterocycles. The van der Waals surface area contributed by atoms with E-state index >= 15 is 0 Å². The van der Waals surface area contributed by atoms with Gasteiger partial charge >= 0.3 is 94.2 Å². The van der Waals surface area contributed by atoms with Gasteiger partial charge in [-0.3, -0.25) is 0 Å². The Kier molecular flexibility index (Phi) is 9.28. The Hall–Kier alpha value is 0.618. The fourth-order valence-corrected chi connectivity index (χ4v) is 11.2. The van der Waals surface area contributed by atoms with Crippen LogP contribution in [0.15, 0.2) is 0 Å². The summed E-state index contributed by atoms with van der Waals surface area (Å²) in [7, 11) is 0. The predicted octanol–water partition coefficient (Wildman–Crippen LogP) is 4.76. The summed E-state index contributed by atoms with van der Waals surface area (Å²) < 4.78 is 15.9. The van der Waals surface area contributed by atoms with Crippen LogP contribution < -0.4 is 0 Å². The van der Waals surface area contributed by atoms with Crippen molar-refractivity contribution >= 4 is 18.8 Å². The summed E-state index contributed by atoms with van der Waals surface area (Å²) in [4.78, 5) is 0. The number of hydrogen-bond donors (Lipinski definition) is 0. The third kappa shape index (κ3) is 6.98. The first-order chi connectivity index (χ1) is 6.68. The van der Waals surface area contributed by atoms with Crippen LogP contribution in [0.3, 0.4) is 0 Å². The summed E-state index contributed by atoms with van der Waals surface area (Å²) >= 11 is -2.71. The molecule has 0 aliphatic rings. The van der Waals surface area contributed by atoms with E-state index in [0.29, 0.717) is 0 Å². The van der Waals surface area contributed by atoms with Gasteiger partial charge in [-0.2, -0.15) is 0 Å². The van der Waals surface area contributed by atoms with Gasteiger partial charge < -0.3 is 0 Å². The fourth-order valence-electron chi connectivity index (χ4n) is 1.67. The minimum absolute atomic E-state index is 1.09. The second kappa shape index (κ2) is 8.89. The van der Waals surface area contributed by atoms with Crippen molar-refractivity contribution in [1.29, 1.82) is 0 Å². The van der Waals surface area contributed by atoms with Crippen LogP contribution in [0.4, 0.5) is 0 Å². The maximum absolute atomic E-state index is 12.6. The monoisotopic (exact) mass is 308 g/mol. The Morgan fingerprint density at radius 2 is 1.00 bits per heavy atom. The zero-order chi connectivity index (χ0) is 10.9. The molecule has 86 valence electrons. The summed E-state index contributed by atoms with van der Waals surface area (Å²) in [5.74, 6) is 0. The van der Waals surface area contributed by atoms with Crippen molar-refractivity contribution < 1.29 is 3.02 Å². The van der Waals surface area contributed by atoms with Gasteiger partial charge in [0, 0.05) is 0 Å². The van der Waals surface area contributed by atoms with Gasteiger partial charge in [0.2, 0.25) is 0 Å². The van der Waals surface area contributed by atoms with Crippen LogP contribution in [-0.4, -0.2) is 18.8 Å². The molecule has 0 rings (SSSR count). The van der Waals surface area contributed by atoms with E-state index in [1.807, 2.05) is 0 Å². The maximum atomic E-state index is 12.6. The Morgan fingerprint density at radius 1 is 0.714 bits per heavy atom. The third-order valence-corrected chi connectivity index (χ3v) is 12.4. The normalized spacial score (nSPS) is 11.9. The molecule has 0 aromatic heterocycles. The molecule has 0 unspecified atom stereocenters. The van der Waals surface area contributed by atoms with Crippen molar-refractivity contribution in [3.8, 4) is 0 Å². The average Bonchev–Trinajstić information content (AvgIpc) is 2.21. The standard InChI is InChI=1S/3C4H9.O.Sb/c3*1-3-4-2;;/h3*1,3-4H2,2H3;;. The fraction of sp³-hybridized carbons (Fsp3) is 1.00. The zero-order valence-electron chi connectivity index (χ0n) is 10.2. The first kappa shape index (κ1) is 14.6. The van der Waals surface area contributed by atoms with Crippen molar-refractivity contribution in [3.63, 3.8) is 0 Å². The van der Waals surface area contributed by atoms with Crippen LogP contribution >= 0.6 is 0 Å². The van der Waals surface area contributed by atoms with Gasteiger partial charge in [-0.25, -0.2) is 0 Å². The molecular formula is C12H27OSb. The molecule has 0 aromatic carbocycles. The molecule has 0 saturated heterocycles. The average molecular weight is 309 g/mol. The molecular weight excluding hydrogens is 282 g/mol. The zero-order valence-corrected chi connectivity index (χ0v) is 12.8. The van der Waals surface area contributed by atoms with Crippen molar-refractivity contribution in [2.24, 2.45) is 0 Å². The van der Waals surface area contributed by atoms with Gasteiger partial charge in [0.15, 0.2) is 0 Å². The van der Waals surface area contributed by atoms with E-state index < -0.39 is 18.8 Å². The van der Waals surface area contributed by atoms with Crippen molar-refractivity contribution in [2.45, 2.75) is 72.4 Å². The van der Waals surface area contributed by atoms with Crippen LogP contribution in [0.2, 0.25) is 13.1 Å². The van der Waals surface area contributed by atoms with Gasteiger partial charge in [0.05, 0.1) is 0 Å². The first-order valence-electron chi connectivity index (χ1n) is 6.25. The summed E-state index contributed by atoms with van der Waals surface area (Å²) in [6, 6.07) is 0. The Balaban J connectivity index is 3.97. The van der Waals surface area contributed by atoms with E-state index in [2.05, 4.69) is 20.8 Å². The van der Waals surface area contributed by atoms with E-state index in [9.17, 15) is 3.02 Å². The Morgan fingerprint density at radius 3 is 1.21 bits per heavy atom. The van der Waals surface area contributed by atoms with Gasteiger partial charge in [-0.05, 0) is 0 Å². The van der Waals surface area contributed by atoms with Gasteiger partial charge in [0.1, 0.15) is 0 Å². The molecule has 0 heterocycles. The molecule has 1 nitrogen and oxygen atoms in total. The molecule has 0 radical (unpaired) electrons. The van der Waals surface area contributed by atoms with E-state index in [1.165, 1.54) is 38.5 Å². The summed E-state index contributed by atoms with van der Waals surface area (Å²) in [5, 5.41) is 0. The molecule has 0 saturated carbocycles. The molecule has 0 spiro atoms. The summed E-state index contributed by atoms with van der Waals surface area (Å²) in [6.45, 7) is 6.60. The first-order valence-corrected chi connectivity index (χ1v) is 12.7. The third-order valence-electron chi connectivity index (χ3n) is 2.76. The molecule has 0 N–H and O–H groups in total. The number of unbranched alkanes of at least 4 members (excludes halogenated alkanes) is 3. The van der Waals surface area contributed by atoms with Crippen molar-refractivity contribution in [3.05, 3.63) is 0 Å². The second-order valence-corrected chi connectivity index (χ2v) is 14.2. The molecule has 0 fully saturated rings. The van der Waals surface area contributed by atoms with Crippen molar-refractivity contribution in [2.75, 3.05) is 0 Å². The molecule has 0 aliphatic carbocycles. The molecule has 2 heteroatoms. The van der Waals surface area contributed by atoms with Crippen LogP contribution in [0, 0.1) is 0 Å². The van der Waals surface area contributed by atoms with Crippen LogP contribution in [0.5, 0.6) is 0 Å². The Bertz CT molecular complexity index is 137. The topological polar surface area (TPSA) is 17.1 Å². The van der Waals surface area contributed by atoms with Gasteiger partial charge in [-0.1, -0.05) is 0 Å². The number of hydrogen-bond acceptors (Lipinski definition) is 1. The van der Waals surface area contributed by atoms with Gasteiger partial charge in [0.25, 0.3) is 0 Å². The van der Waals surface area contributed by atoms with Crippen molar-refractivity contribution in [1.82, 2.24) is 0 Å². The summed E-state index contributed by atoms with van der Waals surface area (Å²) in [6.07, 6.45) is 7.21. The van der Waals surface area contributed by atoms with E-state index in [4.69, 9.17) is 0 Å². The summed E-state index contributed by atoms with van der Waals surface area (Å²) in [5.41, 5.74) is 0. The SMILES string of the molecule is CCC[CH2][Sb](=[O])([CH2]CCC)[CH2]CCC. The molecule has 0 bridgehead atoms. The minimum atomic E-state index is -2.71. The predicted molar refractivity (Wildman–Crippen MR) is 65.6 cm³/mol. The molecule has 0 amide bonds. The van der Waals surface area contributed by atoms with Crippen LogP contribution in [0.25, 0.3) is 0 Å². The molecule has 14 heavy (non-hydrogen) atoms. The molecule has 0 atom stereocenters. The number of rotatable bonds is 9. The van der Waals surface area contributed by atoms with E-state index in [0.717, 1.165) is 13.1 Å². The second-order valence-electron chi connectivity index (χ2n) is 4.29. The van der Waals surface area contributed by atoms with E-state index in [-0.39, 0.29) is 0 Å². The molecule has 0 aromatic rings. The quantitative estimate of drug-likeness (QED) is 0.561. The van der Waals surface area contributed by atoms with Crippen LogP contribution in [-0.2, 0) is 3.02 Å². The Labute approximate surface area is 94.1 Å². The van der Waals surface area contributed by atoms with Crippen LogP contribution in [0.1, 0.15) is 59.3 Å².